The number of primary amides is 1. The van der Waals surface area contributed by atoms with Crippen molar-refractivity contribution in [1.29, 1.82) is 0 Å². The minimum absolute atomic E-state index is 0.0755. The van der Waals surface area contributed by atoms with E-state index in [0.29, 0.717) is 13.0 Å². The lowest BCUT2D eigenvalue weighted by Gasteiger charge is -2.38. The summed E-state index contributed by atoms with van der Waals surface area (Å²) in [4.78, 5) is 66.1. The van der Waals surface area contributed by atoms with Crippen LogP contribution in [0.3, 0.4) is 0 Å². The second kappa shape index (κ2) is 9.91. The fourth-order valence-electron chi connectivity index (χ4n) is 5.86. The Bertz CT molecular complexity index is 959. The number of piperidine rings is 1. The van der Waals surface area contributed by atoms with Crippen molar-refractivity contribution in [2.45, 2.75) is 105 Å². The fraction of sp³-hybridized carbons (Fsp3) is 0.815. The molecule has 5 N–H and O–H groups in total. The highest BCUT2D eigenvalue weighted by molar-refractivity contribution is 6.37. The smallest absolute Gasteiger partial charge is 0.315 e. The van der Waals surface area contributed by atoms with Crippen LogP contribution in [0.15, 0.2) is 0 Å². The number of Topliss-reactive ketones (excluding diaryl/α,β-unsaturated/α-hetero) is 1. The summed E-state index contributed by atoms with van der Waals surface area (Å²) in [7, 11) is 0. The second-order valence-corrected chi connectivity index (χ2v) is 13.9. The van der Waals surface area contributed by atoms with Crippen molar-refractivity contribution in [2.75, 3.05) is 6.54 Å². The molecule has 1 heterocycles. The second-order valence-electron chi connectivity index (χ2n) is 13.9. The van der Waals surface area contributed by atoms with Crippen molar-refractivity contribution in [1.82, 2.24) is 20.9 Å². The van der Waals surface area contributed by atoms with E-state index in [1.54, 1.807) is 4.90 Å². The summed E-state index contributed by atoms with van der Waals surface area (Å²) >= 11 is 0. The van der Waals surface area contributed by atoms with Crippen LogP contribution in [-0.4, -0.2) is 64.6 Å². The summed E-state index contributed by atoms with van der Waals surface area (Å²) in [5.74, 6) is -2.35. The highest BCUT2D eigenvalue weighted by Crippen LogP contribution is 2.65. The van der Waals surface area contributed by atoms with Gasteiger partial charge in [-0.05, 0) is 55.8 Å². The van der Waals surface area contributed by atoms with Crippen LogP contribution in [0.25, 0.3) is 0 Å². The Kier molecular flexibility index (Phi) is 7.74. The van der Waals surface area contributed by atoms with Crippen LogP contribution in [-0.2, 0) is 19.2 Å². The third-order valence-electron chi connectivity index (χ3n) is 8.31. The number of nitrogens with zero attached hydrogens (tertiary/aromatic N) is 1. The first-order valence-corrected chi connectivity index (χ1v) is 13.4. The highest BCUT2D eigenvalue weighted by atomic mass is 16.2. The number of likely N-dealkylation sites (tertiary alicyclic amines) is 1. The number of rotatable bonds is 8. The molecule has 5 amide bonds. The number of fused-ring (bicyclic) bond motifs is 1. The van der Waals surface area contributed by atoms with E-state index in [0.717, 1.165) is 19.3 Å². The number of carbonyl (C=O) groups excluding carboxylic acids is 5. The molecule has 3 aliphatic rings. The molecular formula is C27H45N5O5. The largest absolute Gasteiger partial charge is 0.363 e. The maximum Gasteiger partial charge on any atom is 0.315 e. The zero-order chi connectivity index (χ0) is 28.1. The molecule has 1 aliphatic heterocycles. The molecule has 0 unspecified atom stereocenters. The number of nitrogens with one attached hydrogen (secondary N) is 3. The minimum Gasteiger partial charge on any atom is -0.363 e. The first kappa shape index (κ1) is 28.9. The van der Waals surface area contributed by atoms with Crippen molar-refractivity contribution in [3.05, 3.63) is 0 Å². The van der Waals surface area contributed by atoms with E-state index in [-0.39, 0.29) is 29.1 Å². The van der Waals surface area contributed by atoms with Crippen LogP contribution in [0.2, 0.25) is 0 Å². The van der Waals surface area contributed by atoms with Crippen molar-refractivity contribution in [2.24, 2.45) is 34.3 Å². The van der Waals surface area contributed by atoms with Crippen LogP contribution >= 0.6 is 0 Å². The Balaban J connectivity index is 1.83. The number of urea groups is 1. The summed E-state index contributed by atoms with van der Waals surface area (Å²) in [5.41, 5.74) is 4.04. The summed E-state index contributed by atoms with van der Waals surface area (Å²) in [6.45, 7) is 15.7. The quantitative estimate of drug-likeness (QED) is 0.360. The van der Waals surface area contributed by atoms with Crippen molar-refractivity contribution < 1.29 is 24.0 Å². The molecule has 0 aromatic heterocycles. The third kappa shape index (κ3) is 6.26. The molecule has 0 bridgehead atoms. The van der Waals surface area contributed by atoms with Gasteiger partial charge in [0.1, 0.15) is 12.1 Å². The monoisotopic (exact) mass is 519 g/mol. The standard InChI is InChI=1S/C27H45N5O5/c1-25(2,3)20(30-24(37)31-26(4,5)6)23(36)32-13-15-17(27(15,7)8)18(32)22(35)29-16(19(33)21(28)34)12-14-10-9-11-14/h14-18,20H,9-13H2,1-8H3,(H2,28,34)(H,29,35)(H2,30,31,37)/t15-,16-,17-,18-,20+/m0/s1. The normalized spacial score (nSPS) is 26.3. The van der Waals surface area contributed by atoms with Gasteiger partial charge in [-0.15, -0.1) is 0 Å². The van der Waals surface area contributed by atoms with Gasteiger partial charge in [-0.25, -0.2) is 4.79 Å². The first-order valence-electron chi connectivity index (χ1n) is 13.4. The average molecular weight is 520 g/mol. The van der Waals surface area contributed by atoms with Gasteiger partial charge in [-0.1, -0.05) is 53.9 Å². The molecule has 37 heavy (non-hydrogen) atoms. The van der Waals surface area contributed by atoms with Gasteiger partial charge in [0.25, 0.3) is 5.91 Å². The zero-order valence-electron chi connectivity index (χ0n) is 23.6. The van der Waals surface area contributed by atoms with E-state index in [4.69, 9.17) is 5.73 Å². The Morgan fingerprint density at radius 3 is 2.05 bits per heavy atom. The highest BCUT2D eigenvalue weighted by Gasteiger charge is 2.70. The van der Waals surface area contributed by atoms with E-state index >= 15 is 0 Å². The molecule has 3 rings (SSSR count). The molecule has 5 atom stereocenters. The summed E-state index contributed by atoms with van der Waals surface area (Å²) in [6.07, 6.45) is 3.31. The molecule has 2 aliphatic carbocycles. The maximum atomic E-state index is 13.9. The van der Waals surface area contributed by atoms with E-state index in [1.165, 1.54) is 0 Å². The fourth-order valence-corrected chi connectivity index (χ4v) is 5.86. The van der Waals surface area contributed by atoms with Crippen LogP contribution in [0, 0.1) is 28.6 Å². The molecule has 0 aromatic rings. The van der Waals surface area contributed by atoms with Crippen LogP contribution < -0.4 is 21.7 Å². The molecule has 10 nitrogen and oxygen atoms in total. The molecule has 0 spiro atoms. The number of amides is 5. The SMILES string of the molecule is CC(C)(C)NC(=O)N[C@H](C(=O)N1C[C@H]2[C@@H]([C@H]1C(=O)N[C@@H](CC1CCC1)C(=O)C(N)=O)C2(C)C)C(C)(C)C. The topological polar surface area (TPSA) is 151 Å². The number of hydrogen-bond acceptors (Lipinski definition) is 5. The Hall–Kier alpha value is -2.65. The Labute approximate surface area is 220 Å². The van der Waals surface area contributed by atoms with Gasteiger partial charge in [0.15, 0.2) is 0 Å². The zero-order valence-corrected chi connectivity index (χ0v) is 23.6. The average Bonchev–Trinajstić information content (AvgIpc) is 3.06. The molecule has 3 fully saturated rings. The van der Waals surface area contributed by atoms with E-state index < -0.39 is 52.7 Å². The van der Waals surface area contributed by atoms with Gasteiger partial charge >= 0.3 is 6.03 Å². The summed E-state index contributed by atoms with van der Waals surface area (Å²) < 4.78 is 0. The third-order valence-corrected chi connectivity index (χ3v) is 8.31. The molecule has 0 radical (unpaired) electrons. The summed E-state index contributed by atoms with van der Waals surface area (Å²) in [5, 5.41) is 8.44. The molecular weight excluding hydrogens is 474 g/mol. The maximum absolute atomic E-state index is 13.9. The number of ketones is 1. The molecule has 1 saturated heterocycles. The minimum atomic E-state index is -1.07. The van der Waals surface area contributed by atoms with E-state index in [9.17, 15) is 24.0 Å². The molecule has 0 aromatic carbocycles. The van der Waals surface area contributed by atoms with Crippen molar-refractivity contribution >= 4 is 29.5 Å². The van der Waals surface area contributed by atoms with Crippen molar-refractivity contribution in [3.63, 3.8) is 0 Å². The number of hydrogen-bond donors (Lipinski definition) is 4. The molecule has 10 heteroatoms. The van der Waals surface area contributed by atoms with Crippen LogP contribution in [0.4, 0.5) is 4.79 Å². The van der Waals surface area contributed by atoms with Gasteiger partial charge in [-0.3, -0.25) is 19.2 Å². The Morgan fingerprint density at radius 2 is 1.59 bits per heavy atom. The van der Waals surface area contributed by atoms with Crippen molar-refractivity contribution in [3.8, 4) is 0 Å². The van der Waals surface area contributed by atoms with Crippen LogP contribution in [0.1, 0.15) is 81.1 Å². The number of nitrogens with two attached hydrogens (primary N) is 1. The summed E-state index contributed by atoms with van der Waals surface area (Å²) in [6, 6.07) is -3.13. The van der Waals surface area contributed by atoms with Gasteiger partial charge in [0.05, 0.1) is 6.04 Å². The van der Waals surface area contributed by atoms with E-state index in [2.05, 4.69) is 29.8 Å². The lowest BCUT2D eigenvalue weighted by Crippen LogP contribution is -2.62. The number of carbonyl (C=O) groups is 5. The van der Waals surface area contributed by atoms with Gasteiger partial charge < -0.3 is 26.6 Å². The van der Waals surface area contributed by atoms with E-state index in [1.807, 2.05) is 41.5 Å². The van der Waals surface area contributed by atoms with Gasteiger partial charge in [-0.2, -0.15) is 0 Å². The van der Waals surface area contributed by atoms with Gasteiger partial charge in [0, 0.05) is 12.1 Å². The Morgan fingerprint density at radius 1 is 1.00 bits per heavy atom. The predicted molar refractivity (Wildman–Crippen MR) is 139 cm³/mol. The van der Waals surface area contributed by atoms with Crippen LogP contribution in [0.5, 0.6) is 0 Å². The van der Waals surface area contributed by atoms with Gasteiger partial charge in [0.2, 0.25) is 17.6 Å². The first-order chi connectivity index (χ1) is 16.8. The predicted octanol–water partition coefficient (Wildman–Crippen LogP) is 1.71. The lowest BCUT2D eigenvalue weighted by atomic mass is 9.80. The lowest BCUT2D eigenvalue weighted by molar-refractivity contribution is -0.145. The molecule has 208 valence electrons. The molecule has 2 saturated carbocycles.